The van der Waals surface area contributed by atoms with Crippen molar-refractivity contribution in [2.24, 2.45) is 0 Å². The highest BCUT2D eigenvalue weighted by Crippen LogP contribution is 2.24. The van der Waals surface area contributed by atoms with E-state index >= 15 is 0 Å². The number of halogens is 1. The monoisotopic (exact) mass is 478 g/mol. The van der Waals surface area contributed by atoms with Gasteiger partial charge in [0, 0.05) is 27.2 Å². The number of anilines is 1. The van der Waals surface area contributed by atoms with E-state index in [1.807, 2.05) is 30.3 Å². The average Bonchev–Trinajstić information content (AvgIpc) is 2.78. The quantitative estimate of drug-likeness (QED) is 0.537. The number of hydrogen-bond donors (Lipinski definition) is 1. The fourth-order valence-electron chi connectivity index (χ4n) is 3.35. The molecule has 2 aromatic carbocycles. The van der Waals surface area contributed by atoms with Crippen molar-refractivity contribution in [3.8, 4) is 0 Å². The van der Waals surface area contributed by atoms with Gasteiger partial charge in [0.2, 0.25) is 11.8 Å². The minimum Gasteiger partial charge on any atom is -0.355 e. The van der Waals surface area contributed by atoms with Crippen molar-refractivity contribution < 1.29 is 22.4 Å². The Morgan fingerprint density at radius 3 is 2.15 bits per heavy atom. The highest BCUT2D eigenvalue weighted by Gasteiger charge is 2.34. The first-order valence-corrected chi connectivity index (χ1v) is 12.1. The summed E-state index contributed by atoms with van der Waals surface area (Å²) in [5, 5.41) is 2.73. The van der Waals surface area contributed by atoms with E-state index in [4.69, 9.17) is 0 Å². The Hall–Kier alpha value is -2.98. The Labute approximate surface area is 195 Å². The van der Waals surface area contributed by atoms with Crippen LogP contribution in [0.5, 0.6) is 0 Å². The summed E-state index contributed by atoms with van der Waals surface area (Å²) in [4.78, 5) is 27.6. The molecule has 1 unspecified atom stereocenters. The number of hydrogen-bond acceptors (Lipinski definition) is 4. The van der Waals surface area contributed by atoms with Gasteiger partial charge in [-0.25, -0.2) is 8.70 Å². The van der Waals surface area contributed by atoms with Crippen LogP contribution in [0.1, 0.15) is 25.8 Å². The van der Waals surface area contributed by atoms with Crippen LogP contribution in [-0.4, -0.2) is 62.7 Å². The smallest absolute Gasteiger partial charge is 0.304 e. The number of nitrogens with one attached hydrogen (secondary N) is 1. The maximum atomic E-state index is 14.6. The molecule has 0 spiro atoms. The molecule has 1 N–H and O–H groups in total. The van der Waals surface area contributed by atoms with Gasteiger partial charge in [0.05, 0.1) is 5.69 Å². The SMILES string of the molecule is CCNC(=O)C(CC)N(Cc1ccccc1)C(=O)CN(c1ccccc1F)S(=O)(=O)N(C)C. The summed E-state index contributed by atoms with van der Waals surface area (Å²) in [5.74, 6) is -1.73. The molecule has 1 atom stereocenters. The molecule has 0 radical (unpaired) electrons. The van der Waals surface area contributed by atoms with Gasteiger partial charge in [-0.2, -0.15) is 12.7 Å². The van der Waals surface area contributed by atoms with Crippen LogP contribution in [0.15, 0.2) is 54.6 Å². The lowest BCUT2D eigenvalue weighted by atomic mass is 10.1. The second-order valence-corrected chi connectivity index (χ2v) is 9.64. The summed E-state index contributed by atoms with van der Waals surface area (Å²) in [6, 6.07) is 13.6. The van der Waals surface area contributed by atoms with E-state index in [9.17, 15) is 22.4 Å². The van der Waals surface area contributed by atoms with Crippen molar-refractivity contribution in [3.05, 3.63) is 66.0 Å². The molecule has 0 saturated heterocycles. The topological polar surface area (TPSA) is 90.0 Å². The Morgan fingerprint density at radius 1 is 1.00 bits per heavy atom. The summed E-state index contributed by atoms with van der Waals surface area (Å²) in [6.07, 6.45) is 0.324. The van der Waals surface area contributed by atoms with Crippen LogP contribution in [0.2, 0.25) is 0 Å². The fraction of sp³-hybridized carbons (Fsp3) is 0.391. The van der Waals surface area contributed by atoms with Gasteiger partial charge in [-0.3, -0.25) is 9.59 Å². The lowest BCUT2D eigenvalue weighted by Crippen LogP contribution is -2.53. The second-order valence-electron chi connectivity index (χ2n) is 7.57. The van der Waals surface area contributed by atoms with Crippen LogP contribution in [0, 0.1) is 5.82 Å². The van der Waals surface area contributed by atoms with Crippen LogP contribution >= 0.6 is 0 Å². The lowest BCUT2D eigenvalue weighted by molar-refractivity contribution is -0.140. The number of carbonyl (C=O) groups is 2. The van der Waals surface area contributed by atoms with Gasteiger partial charge in [0.1, 0.15) is 18.4 Å². The molecule has 0 fully saturated rings. The van der Waals surface area contributed by atoms with Gasteiger partial charge in [0.15, 0.2) is 0 Å². The Kier molecular flexibility index (Phi) is 9.36. The molecule has 0 saturated carbocycles. The zero-order valence-corrected chi connectivity index (χ0v) is 20.2. The first kappa shape index (κ1) is 26.3. The number of para-hydroxylation sites is 1. The first-order chi connectivity index (χ1) is 15.6. The Morgan fingerprint density at radius 2 is 1.61 bits per heavy atom. The minimum atomic E-state index is -4.20. The summed E-state index contributed by atoms with van der Waals surface area (Å²) >= 11 is 0. The maximum absolute atomic E-state index is 14.6. The molecule has 2 aromatic rings. The van der Waals surface area contributed by atoms with Crippen molar-refractivity contribution in [2.45, 2.75) is 32.9 Å². The minimum absolute atomic E-state index is 0.0996. The van der Waals surface area contributed by atoms with Gasteiger partial charge in [-0.05, 0) is 31.0 Å². The van der Waals surface area contributed by atoms with Crippen molar-refractivity contribution in [1.29, 1.82) is 0 Å². The molecular weight excluding hydrogens is 447 g/mol. The van der Waals surface area contributed by atoms with E-state index in [1.165, 1.54) is 37.2 Å². The molecule has 0 aliphatic rings. The highest BCUT2D eigenvalue weighted by atomic mass is 32.2. The standard InChI is InChI=1S/C23H31FN4O4S/c1-5-20(23(30)25-6-2)27(16-18-12-8-7-9-13-18)22(29)17-28(33(31,32)26(3)4)21-15-11-10-14-19(21)24/h7-15,20H,5-6,16-17H2,1-4H3,(H,25,30). The number of benzene rings is 2. The normalized spacial score (nSPS) is 12.3. The van der Waals surface area contributed by atoms with Crippen molar-refractivity contribution in [3.63, 3.8) is 0 Å². The van der Waals surface area contributed by atoms with E-state index in [0.717, 1.165) is 20.2 Å². The Balaban J connectivity index is 2.49. The summed E-state index contributed by atoms with van der Waals surface area (Å²) in [5.41, 5.74) is 0.534. The van der Waals surface area contributed by atoms with Gasteiger partial charge in [-0.1, -0.05) is 49.4 Å². The van der Waals surface area contributed by atoms with E-state index in [-0.39, 0.29) is 18.1 Å². The molecular formula is C23H31FN4O4S. The third-order valence-electron chi connectivity index (χ3n) is 5.07. The molecule has 0 heterocycles. The number of carbonyl (C=O) groups excluding carboxylic acids is 2. The van der Waals surface area contributed by atoms with Crippen LogP contribution in [0.4, 0.5) is 10.1 Å². The van der Waals surface area contributed by atoms with Gasteiger partial charge in [-0.15, -0.1) is 0 Å². The largest absolute Gasteiger partial charge is 0.355 e. The zero-order chi connectivity index (χ0) is 24.6. The Bertz CT molecular complexity index is 1050. The van der Waals surface area contributed by atoms with Crippen molar-refractivity contribution in [1.82, 2.24) is 14.5 Å². The molecule has 0 bridgehead atoms. The van der Waals surface area contributed by atoms with Gasteiger partial charge in [0.25, 0.3) is 0 Å². The molecule has 0 aromatic heterocycles. The van der Waals surface area contributed by atoms with E-state index in [2.05, 4.69) is 5.32 Å². The van der Waals surface area contributed by atoms with Crippen molar-refractivity contribution in [2.75, 3.05) is 31.5 Å². The summed E-state index contributed by atoms with van der Waals surface area (Å²) < 4.78 is 42.2. The summed E-state index contributed by atoms with van der Waals surface area (Å²) in [6.45, 7) is 3.37. The molecule has 33 heavy (non-hydrogen) atoms. The van der Waals surface area contributed by atoms with E-state index in [1.54, 1.807) is 13.8 Å². The first-order valence-electron chi connectivity index (χ1n) is 10.7. The van der Waals surface area contributed by atoms with Crippen molar-refractivity contribution >= 4 is 27.7 Å². The third kappa shape index (κ3) is 6.52. The van der Waals surface area contributed by atoms with Crippen LogP contribution in [0.25, 0.3) is 0 Å². The fourth-order valence-corrected chi connectivity index (χ4v) is 4.41. The summed E-state index contributed by atoms with van der Waals surface area (Å²) in [7, 11) is -1.59. The predicted molar refractivity (Wildman–Crippen MR) is 126 cm³/mol. The van der Waals surface area contributed by atoms with Gasteiger partial charge >= 0.3 is 10.2 Å². The average molecular weight is 479 g/mol. The second kappa shape index (κ2) is 11.8. The molecule has 2 rings (SSSR count). The third-order valence-corrected chi connectivity index (χ3v) is 6.88. The van der Waals surface area contributed by atoms with E-state index in [0.29, 0.717) is 13.0 Å². The lowest BCUT2D eigenvalue weighted by Gasteiger charge is -2.33. The van der Waals surface area contributed by atoms with Crippen LogP contribution < -0.4 is 9.62 Å². The van der Waals surface area contributed by atoms with Crippen LogP contribution in [0.3, 0.4) is 0 Å². The number of likely N-dealkylation sites (N-methyl/N-ethyl adjacent to an activating group) is 1. The molecule has 10 heteroatoms. The molecule has 8 nitrogen and oxygen atoms in total. The van der Waals surface area contributed by atoms with Gasteiger partial charge < -0.3 is 10.2 Å². The molecule has 2 amide bonds. The molecule has 0 aliphatic heterocycles. The maximum Gasteiger partial charge on any atom is 0.304 e. The highest BCUT2D eigenvalue weighted by molar-refractivity contribution is 7.90. The number of rotatable bonds is 11. The van der Waals surface area contributed by atoms with E-state index < -0.39 is 34.5 Å². The molecule has 180 valence electrons. The molecule has 0 aliphatic carbocycles. The number of amides is 2. The van der Waals surface area contributed by atoms with Crippen LogP contribution in [-0.2, 0) is 26.3 Å². The number of nitrogens with zero attached hydrogens (tertiary/aromatic N) is 3. The zero-order valence-electron chi connectivity index (χ0n) is 19.4. The predicted octanol–water partition coefficient (Wildman–Crippen LogP) is 2.38.